The Morgan fingerprint density at radius 1 is 0.967 bits per heavy atom. The van der Waals surface area contributed by atoms with E-state index in [0.717, 1.165) is 5.01 Å². The van der Waals surface area contributed by atoms with Gasteiger partial charge >= 0.3 is 0 Å². The minimum Gasteiger partial charge on any atom is -0.317 e. The summed E-state index contributed by atoms with van der Waals surface area (Å²) in [4.78, 5) is 35.6. The zero-order chi connectivity index (χ0) is 21.4. The summed E-state index contributed by atoms with van der Waals surface area (Å²) < 4.78 is 1.70. The number of aromatic nitrogens is 1. The topological polar surface area (TPSA) is 97.5 Å². The minimum absolute atomic E-state index is 0.0352. The second-order valence-corrected chi connectivity index (χ2v) is 7.22. The van der Waals surface area contributed by atoms with Gasteiger partial charge in [-0.15, -0.1) is 0 Å². The lowest BCUT2D eigenvalue weighted by Crippen LogP contribution is -2.35. The molecule has 0 unspecified atom stereocenters. The number of carbonyl (C=O) groups is 2. The normalized spacial score (nSPS) is 15.0. The number of nitro groups is 1. The van der Waals surface area contributed by atoms with Crippen molar-refractivity contribution in [2.45, 2.75) is 0 Å². The molecule has 1 aliphatic rings. The summed E-state index contributed by atoms with van der Waals surface area (Å²) in [5, 5.41) is 12.6. The lowest BCUT2D eigenvalue weighted by Gasteiger charge is -2.15. The number of hydrazine groups is 1. The van der Waals surface area contributed by atoms with Gasteiger partial charge in [-0.3, -0.25) is 25.1 Å². The highest BCUT2D eigenvalue weighted by atomic mass is 35.5. The fraction of sp³-hybridized carbons (Fsp3) is 0. The number of benzene rings is 2. The van der Waals surface area contributed by atoms with E-state index in [-0.39, 0.29) is 11.3 Å². The van der Waals surface area contributed by atoms with Crippen LogP contribution in [0.1, 0.15) is 5.69 Å². The number of amides is 2. The van der Waals surface area contributed by atoms with Crippen molar-refractivity contribution in [2.75, 3.05) is 5.01 Å². The van der Waals surface area contributed by atoms with Crippen LogP contribution in [0.3, 0.4) is 0 Å². The lowest BCUT2D eigenvalue weighted by molar-refractivity contribution is -0.384. The monoisotopic (exact) mass is 442 g/mol. The summed E-state index contributed by atoms with van der Waals surface area (Å²) >= 11 is 12.0. The van der Waals surface area contributed by atoms with Crippen LogP contribution < -0.4 is 10.4 Å². The van der Waals surface area contributed by atoms with Gasteiger partial charge in [0, 0.05) is 39.8 Å². The van der Waals surface area contributed by atoms with Gasteiger partial charge in [0.05, 0.1) is 10.6 Å². The van der Waals surface area contributed by atoms with E-state index in [9.17, 15) is 19.7 Å². The number of nitrogens with zero attached hydrogens (tertiary/aromatic N) is 3. The highest BCUT2D eigenvalue weighted by Crippen LogP contribution is 2.28. The Balaban J connectivity index is 1.67. The Kier molecular flexibility index (Phi) is 5.03. The molecule has 1 saturated heterocycles. The van der Waals surface area contributed by atoms with Gasteiger partial charge in [-0.2, -0.15) is 0 Å². The zero-order valence-corrected chi connectivity index (χ0v) is 16.6. The van der Waals surface area contributed by atoms with Crippen LogP contribution in [0.5, 0.6) is 0 Å². The first-order valence-electron chi connectivity index (χ1n) is 8.59. The molecular formula is C20H12Cl2N4O4. The van der Waals surface area contributed by atoms with Crippen molar-refractivity contribution in [3.63, 3.8) is 0 Å². The lowest BCUT2D eigenvalue weighted by atomic mass is 10.2. The van der Waals surface area contributed by atoms with Crippen molar-refractivity contribution >= 4 is 52.5 Å². The number of hydrogen-bond donors (Lipinski definition) is 1. The van der Waals surface area contributed by atoms with Crippen molar-refractivity contribution in [3.8, 4) is 5.69 Å². The van der Waals surface area contributed by atoms with E-state index in [0.29, 0.717) is 27.1 Å². The van der Waals surface area contributed by atoms with Gasteiger partial charge in [0.25, 0.3) is 17.5 Å². The molecule has 3 aromatic rings. The SMILES string of the molecule is O=C1NN(c2cc(Cl)cc(Cl)c2)C(=O)C1=Cc1cccn1-c1ccc([N+](=O)[O-])cc1. The standard InChI is InChI=1S/C20H12Cl2N4O4/c21-12-8-13(22)10-17(9-12)25-20(28)18(19(27)23-25)11-16-2-1-7-24(16)14-3-5-15(6-4-14)26(29)30/h1-11H,(H,23,27). The first-order valence-corrected chi connectivity index (χ1v) is 9.34. The predicted octanol–water partition coefficient (Wildman–Crippen LogP) is 4.15. The summed E-state index contributed by atoms with van der Waals surface area (Å²) in [7, 11) is 0. The van der Waals surface area contributed by atoms with Crippen LogP contribution in [-0.4, -0.2) is 21.3 Å². The third-order valence-electron chi connectivity index (χ3n) is 4.41. The molecule has 1 aliphatic heterocycles. The molecule has 2 aromatic carbocycles. The molecule has 150 valence electrons. The number of carbonyl (C=O) groups excluding carboxylic acids is 2. The Morgan fingerprint density at radius 2 is 1.63 bits per heavy atom. The van der Waals surface area contributed by atoms with Crippen molar-refractivity contribution < 1.29 is 14.5 Å². The largest absolute Gasteiger partial charge is 0.317 e. The molecule has 0 saturated carbocycles. The van der Waals surface area contributed by atoms with E-state index in [1.54, 1.807) is 35.0 Å². The van der Waals surface area contributed by atoms with E-state index >= 15 is 0 Å². The van der Waals surface area contributed by atoms with Gasteiger partial charge in [-0.05, 0) is 48.5 Å². The summed E-state index contributed by atoms with van der Waals surface area (Å²) in [6.45, 7) is 0. The molecule has 0 spiro atoms. The van der Waals surface area contributed by atoms with Crippen LogP contribution in [-0.2, 0) is 9.59 Å². The van der Waals surface area contributed by atoms with E-state index in [1.165, 1.54) is 36.4 Å². The van der Waals surface area contributed by atoms with E-state index in [2.05, 4.69) is 5.43 Å². The van der Waals surface area contributed by atoms with Gasteiger partial charge in [-0.25, -0.2) is 5.01 Å². The number of non-ortho nitro benzene ring substituents is 1. The minimum atomic E-state index is -0.576. The fourth-order valence-corrected chi connectivity index (χ4v) is 3.55. The van der Waals surface area contributed by atoms with Gasteiger partial charge < -0.3 is 4.57 Å². The second-order valence-electron chi connectivity index (χ2n) is 6.34. The highest BCUT2D eigenvalue weighted by molar-refractivity contribution is 6.36. The van der Waals surface area contributed by atoms with Crippen LogP contribution in [0.2, 0.25) is 10.0 Å². The summed E-state index contributed by atoms with van der Waals surface area (Å²) in [5.74, 6) is -1.14. The molecule has 30 heavy (non-hydrogen) atoms. The molecule has 2 amide bonds. The molecule has 0 aliphatic carbocycles. The predicted molar refractivity (Wildman–Crippen MR) is 112 cm³/mol. The first-order chi connectivity index (χ1) is 14.3. The molecule has 0 atom stereocenters. The summed E-state index contributed by atoms with van der Waals surface area (Å²) in [5.41, 5.74) is 3.90. The van der Waals surface area contributed by atoms with Gasteiger partial charge in [0.15, 0.2) is 0 Å². The maximum Gasteiger partial charge on any atom is 0.282 e. The molecule has 1 aromatic heterocycles. The molecule has 0 bridgehead atoms. The number of nitrogens with one attached hydrogen (secondary N) is 1. The van der Waals surface area contributed by atoms with E-state index in [4.69, 9.17) is 23.2 Å². The van der Waals surface area contributed by atoms with Gasteiger partial charge in [-0.1, -0.05) is 23.2 Å². The van der Waals surface area contributed by atoms with Crippen LogP contribution in [0.25, 0.3) is 11.8 Å². The second kappa shape index (κ2) is 7.66. The number of anilines is 1. The Morgan fingerprint density at radius 3 is 2.27 bits per heavy atom. The fourth-order valence-electron chi connectivity index (χ4n) is 3.04. The number of rotatable bonds is 4. The molecule has 10 heteroatoms. The third kappa shape index (κ3) is 3.66. The quantitative estimate of drug-likeness (QED) is 0.284. The molecular weight excluding hydrogens is 431 g/mol. The molecule has 1 N–H and O–H groups in total. The number of halogens is 2. The van der Waals surface area contributed by atoms with Crippen molar-refractivity contribution in [3.05, 3.63) is 92.2 Å². The van der Waals surface area contributed by atoms with Crippen molar-refractivity contribution in [1.29, 1.82) is 0 Å². The van der Waals surface area contributed by atoms with Crippen LogP contribution in [0.15, 0.2) is 66.4 Å². The zero-order valence-electron chi connectivity index (χ0n) is 15.1. The van der Waals surface area contributed by atoms with Crippen molar-refractivity contribution in [2.24, 2.45) is 0 Å². The molecule has 2 heterocycles. The Labute approximate surface area is 180 Å². The van der Waals surface area contributed by atoms with Gasteiger partial charge in [0.2, 0.25) is 0 Å². The first kappa shape index (κ1) is 19.7. The maximum absolute atomic E-state index is 12.8. The van der Waals surface area contributed by atoms with Crippen LogP contribution >= 0.6 is 23.2 Å². The average molecular weight is 443 g/mol. The van der Waals surface area contributed by atoms with Gasteiger partial charge in [0.1, 0.15) is 5.57 Å². The number of hydrogen-bond acceptors (Lipinski definition) is 4. The van der Waals surface area contributed by atoms with Crippen molar-refractivity contribution in [1.82, 2.24) is 9.99 Å². The Bertz CT molecular complexity index is 1200. The third-order valence-corrected chi connectivity index (χ3v) is 4.84. The summed E-state index contributed by atoms with van der Waals surface area (Å²) in [6.07, 6.45) is 3.17. The maximum atomic E-state index is 12.8. The smallest absolute Gasteiger partial charge is 0.282 e. The average Bonchev–Trinajstić information content (AvgIpc) is 3.27. The van der Waals surface area contributed by atoms with E-state index in [1.807, 2.05) is 0 Å². The van der Waals surface area contributed by atoms with Crippen LogP contribution in [0, 0.1) is 10.1 Å². The highest BCUT2D eigenvalue weighted by Gasteiger charge is 2.35. The molecule has 8 nitrogen and oxygen atoms in total. The molecule has 0 radical (unpaired) electrons. The van der Waals surface area contributed by atoms with Crippen LogP contribution in [0.4, 0.5) is 11.4 Å². The number of nitro benzene ring substituents is 1. The molecule has 4 rings (SSSR count). The summed E-state index contributed by atoms with van der Waals surface area (Å²) in [6, 6.07) is 13.9. The van der Waals surface area contributed by atoms with E-state index < -0.39 is 16.7 Å². The molecule has 1 fully saturated rings. The Hall–Kier alpha value is -3.62.